The van der Waals surface area contributed by atoms with Crippen molar-refractivity contribution in [3.05, 3.63) is 30.1 Å². The fourth-order valence-corrected chi connectivity index (χ4v) is 4.10. The van der Waals surface area contributed by atoms with E-state index in [1.807, 2.05) is 7.11 Å². The molecule has 0 radical (unpaired) electrons. The van der Waals surface area contributed by atoms with Crippen LogP contribution in [0, 0.1) is 0 Å². The number of nitrogens with zero attached hydrogens (tertiary/aromatic N) is 2. The Balaban J connectivity index is 1.35. The summed E-state index contributed by atoms with van der Waals surface area (Å²) in [4.78, 5) is 18.5. The van der Waals surface area contributed by atoms with E-state index in [1.54, 1.807) is 24.5 Å². The van der Waals surface area contributed by atoms with Crippen molar-refractivity contribution in [2.75, 3.05) is 33.3 Å². The number of carbonyl (C=O) groups excluding carboxylic acids is 1. The van der Waals surface area contributed by atoms with Crippen LogP contribution in [0.15, 0.2) is 24.5 Å². The van der Waals surface area contributed by atoms with Crippen LogP contribution >= 0.6 is 0 Å². The van der Waals surface area contributed by atoms with Crippen molar-refractivity contribution >= 4 is 5.91 Å². The van der Waals surface area contributed by atoms with Crippen LogP contribution < -0.4 is 11.1 Å². The molecule has 0 spiro atoms. The summed E-state index contributed by atoms with van der Waals surface area (Å²) in [6, 6.07) is 3.55. The van der Waals surface area contributed by atoms with Crippen LogP contribution in [0.5, 0.6) is 0 Å². The van der Waals surface area contributed by atoms with Crippen LogP contribution in [-0.2, 0) is 4.74 Å². The predicted octanol–water partition coefficient (Wildman–Crippen LogP) is 3.76. The number of ether oxygens (including phenoxy) is 1. The minimum Gasteiger partial charge on any atom is -0.381 e. The molecule has 1 amide bonds. The SMILES string of the molecule is COC1CCN(CCCCCCCCCCC(N)CNC(=O)c2cccnc2)CC1. The lowest BCUT2D eigenvalue weighted by Gasteiger charge is -2.31. The fourth-order valence-electron chi connectivity index (χ4n) is 4.10. The number of likely N-dealkylation sites (tertiary alicyclic amines) is 1. The Labute approximate surface area is 183 Å². The van der Waals surface area contributed by atoms with E-state index in [0.717, 1.165) is 12.8 Å². The van der Waals surface area contributed by atoms with E-state index in [1.165, 1.54) is 77.4 Å². The van der Waals surface area contributed by atoms with Gasteiger partial charge in [0.15, 0.2) is 0 Å². The maximum absolute atomic E-state index is 12.0. The minimum absolute atomic E-state index is 0.0274. The van der Waals surface area contributed by atoms with E-state index in [-0.39, 0.29) is 11.9 Å². The first-order valence-corrected chi connectivity index (χ1v) is 11.9. The summed E-state index contributed by atoms with van der Waals surface area (Å²) in [5.74, 6) is -0.0991. The Hall–Kier alpha value is -1.50. The van der Waals surface area contributed by atoms with E-state index >= 15 is 0 Å². The first-order valence-electron chi connectivity index (χ1n) is 11.9. The highest BCUT2D eigenvalue weighted by molar-refractivity contribution is 5.93. The lowest BCUT2D eigenvalue weighted by molar-refractivity contribution is 0.0407. The third-order valence-corrected chi connectivity index (χ3v) is 6.12. The van der Waals surface area contributed by atoms with Gasteiger partial charge in [-0.2, -0.15) is 0 Å². The monoisotopic (exact) mass is 418 g/mol. The molecule has 1 aromatic rings. The molecule has 0 aromatic carbocycles. The number of hydrogen-bond acceptors (Lipinski definition) is 5. The first-order chi connectivity index (χ1) is 14.7. The molecule has 0 aliphatic carbocycles. The lowest BCUT2D eigenvalue weighted by Crippen LogP contribution is -2.37. The number of amides is 1. The molecule has 1 aliphatic rings. The number of carbonyl (C=O) groups is 1. The van der Waals surface area contributed by atoms with Gasteiger partial charge < -0.3 is 20.7 Å². The van der Waals surface area contributed by atoms with Crippen molar-refractivity contribution in [1.29, 1.82) is 0 Å². The number of unbranched alkanes of at least 4 members (excludes halogenated alkanes) is 7. The number of aromatic nitrogens is 1. The van der Waals surface area contributed by atoms with Gasteiger partial charge >= 0.3 is 0 Å². The molecule has 3 N–H and O–H groups in total. The third-order valence-electron chi connectivity index (χ3n) is 6.12. The second-order valence-electron chi connectivity index (χ2n) is 8.61. The van der Waals surface area contributed by atoms with E-state index in [2.05, 4.69) is 15.2 Å². The third kappa shape index (κ3) is 10.5. The quantitative estimate of drug-likeness (QED) is 0.424. The van der Waals surface area contributed by atoms with Crippen LogP contribution in [0.25, 0.3) is 0 Å². The number of nitrogens with two attached hydrogens (primary N) is 1. The normalized spacial score (nSPS) is 16.5. The molecule has 1 saturated heterocycles. The Morgan fingerprint density at radius 2 is 1.83 bits per heavy atom. The van der Waals surface area contributed by atoms with Gasteiger partial charge in [0.1, 0.15) is 0 Å². The van der Waals surface area contributed by atoms with E-state index in [0.29, 0.717) is 18.2 Å². The van der Waals surface area contributed by atoms with Gasteiger partial charge in [-0.1, -0.05) is 44.9 Å². The smallest absolute Gasteiger partial charge is 0.252 e. The molecule has 0 saturated carbocycles. The van der Waals surface area contributed by atoms with Gasteiger partial charge in [0.25, 0.3) is 5.91 Å². The van der Waals surface area contributed by atoms with E-state index in [4.69, 9.17) is 10.5 Å². The zero-order valence-corrected chi connectivity index (χ0v) is 18.9. The average Bonchev–Trinajstić information content (AvgIpc) is 2.79. The Bertz CT molecular complexity index is 562. The highest BCUT2D eigenvalue weighted by atomic mass is 16.5. The molecular weight excluding hydrogens is 376 g/mol. The molecule has 170 valence electrons. The van der Waals surface area contributed by atoms with Gasteiger partial charge in [-0.3, -0.25) is 9.78 Å². The number of piperidine rings is 1. The molecule has 6 heteroatoms. The van der Waals surface area contributed by atoms with Crippen LogP contribution in [0.3, 0.4) is 0 Å². The lowest BCUT2D eigenvalue weighted by atomic mass is 10.0. The van der Waals surface area contributed by atoms with Gasteiger partial charge in [-0.25, -0.2) is 0 Å². The molecule has 1 unspecified atom stereocenters. The predicted molar refractivity (Wildman–Crippen MR) is 123 cm³/mol. The van der Waals surface area contributed by atoms with Gasteiger partial charge in [-0.05, 0) is 44.4 Å². The van der Waals surface area contributed by atoms with Crippen LogP contribution in [0.1, 0.15) is 81.0 Å². The molecule has 1 atom stereocenters. The summed E-state index contributed by atoms with van der Waals surface area (Å²) in [5.41, 5.74) is 6.72. The van der Waals surface area contributed by atoms with Gasteiger partial charge in [0.05, 0.1) is 11.7 Å². The standard InChI is InChI=1S/C24H42N4O2/c1-30-23-13-17-28(18-14-23)16-9-7-5-3-2-4-6-8-12-22(25)20-27-24(29)21-11-10-15-26-19-21/h10-11,15,19,22-23H,2-9,12-14,16-18,20,25H2,1H3,(H,27,29). The highest BCUT2D eigenvalue weighted by Gasteiger charge is 2.17. The van der Waals surface area contributed by atoms with E-state index < -0.39 is 0 Å². The van der Waals surface area contributed by atoms with Crippen LogP contribution in [0.4, 0.5) is 0 Å². The molecule has 1 aromatic heterocycles. The Morgan fingerprint density at radius 1 is 1.17 bits per heavy atom. The number of hydrogen-bond donors (Lipinski definition) is 2. The Kier molecular flexibility index (Phi) is 12.7. The second-order valence-corrected chi connectivity index (χ2v) is 8.61. The topological polar surface area (TPSA) is 80.5 Å². The second kappa shape index (κ2) is 15.3. The maximum Gasteiger partial charge on any atom is 0.252 e. The molecule has 30 heavy (non-hydrogen) atoms. The van der Waals surface area contributed by atoms with Crippen molar-refractivity contribution in [3.63, 3.8) is 0 Å². The molecule has 2 heterocycles. The fraction of sp³-hybridized carbons (Fsp3) is 0.750. The summed E-state index contributed by atoms with van der Waals surface area (Å²) in [5, 5.41) is 2.89. The van der Waals surface area contributed by atoms with Crippen molar-refractivity contribution in [3.8, 4) is 0 Å². The zero-order chi connectivity index (χ0) is 21.4. The summed E-state index contributed by atoms with van der Waals surface area (Å²) < 4.78 is 5.44. The summed E-state index contributed by atoms with van der Waals surface area (Å²) >= 11 is 0. The number of pyridine rings is 1. The van der Waals surface area contributed by atoms with Crippen molar-refractivity contribution in [2.45, 2.75) is 82.8 Å². The van der Waals surface area contributed by atoms with Crippen molar-refractivity contribution in [1.82, 2.24) is 15.2 Å². The number of methoxy groups -OCH3 is 1. The van der Waals surface area contributed by atoms with Gasteiger partial charge in [-0.15, -0.1) is 0 Å². The average molecular weight is 419 g/mol. The Morgan fingerprint density at radius 3 is 2.47 bits per heavy atom. The molecule has 2 rings (SSSR count). The summed E-state index contributed by atoms with van der Waals surface area (Å²) in [6.45, 7) is 4.18. The maximum atomic E-state index is 12.0. The minimum atomic E-state index is -0.0991. The largest absolute Gasteiger partial charge is 0.381 e. The zero-order valence-electron chi connectivity index (χ0n) is 18.9. The van der Waals surface area contributed by atoms with E-state index in [9.17, 15) is 4.79 Å². The van der Waals surface area contributed by atoms with Crippen LogP contribution in [-0.4, -0.2) is 61.2 Å². The molecule has 6 nitrogen and oxygen atoms in total. The van der Waals surface area contributed by atoms with Crippen LogP contribution in [0.2, 0.25) is 0 Å². The van der Waals surface area contributed by atoms with Crippen molar-refractivity contribution < 1.29 is 9.53 Å². The first kappa shape index (κ1) is 24.8. The molecule has 0 bridgehead atoms. The molecule has 1 fully saturated rings. The highest BCUT2D eigenvalue weighted by Crippen LogP contribution is 2.15. The number of nitrogens with one attached hydrogen (secondary N) is 1. The molecule has 1 aliphatic heterocycles. The van der Waals surface area contributed by atoms with Gasteiger partial charge in [0, 0.05) is 45.2 Å². The summed E-state index contributed by atoms with van der Waals surface area (Å²) in [7, 11) is 1.83. The molecular formula is C24H42N4O2. The van der Waals surface area contributed by atoms with Crippen molar-refractivity contribution in [2.24, 2.45) is 5.73 Å². The van der Waals surface area contributed by atoms with Gasteiger partial charge in [0.2, 0.25) is 0 Å². The summed E-state index contributed by atoms with van der Waals surface area (Å²) in [6.07, 6.45) is 17.4. The number of rotatable bonds is 15.